The Bertz CT molecular complexity index is 612. The Balaban J connectivity index is 2.02. The monoisotopic (exact) mass is 257 g/mol. The van der Waals surface area contributed by atoms with Crippen LogP contribution in [0.15, 0.2) is 53.4 Å². The lowest BCUT2D eigenvalue weighted by Gasteiger charge is -2.18. The third-order valence-corrected chi connectivity index (χ3v) is 3.95. The number of rotatable bonds is 2. The number of carboxylic acids is 1. The van der Waals surface area contributed by atoms with Crippen LogP contribution in [-0.4, -0.2) is 17.0 Å². The average molecular weight is 257 g/mol. The number of anilines is 2. The zero-order chi connectivity index (χ0) is 12.5. The van der Waals surface area contributed by atoms with E-state index >= 15 is 0 Å². The summed E-state index contributed by atoms with van der Waals surface area (Å²) in [6.45, 7) is 0. The molecule has 0 saturated heterocycles. The van der Waals surface area contributed by atoms with E-state index in [0.29, 0.717) is 5.56 Å². The summed E-state index contributed by atoms with van der Waals surface area (Å²) in [5, 5.41) is 9.02. The maximum atomic E-state index is 11.0. The van der Waals surface area contributed by atoms with Crippen LogP contribution in [0.25, 0.3) is 0 Å². The molecule has 3 rings (SSSR count). The lowest BCUT2D eigenvalue weighted by molar-refractivity contribution is 0.0697. The summed E-state index contributed by atoms with van der Waals surface area (Å²) in [5.41, 5.74) is 2.39. The molecule has 3 nitrogen and oxygen atoms in total. The van der Waals surface area contributed by atoms with Gasteiger partial charge in [-0.05, 0) is 30.3 Å². The highest BCUT2D eigenvalue weighted by Gasteiger charge is 2.20. The van der Waals surface area contributed by atoms with Gasteiger partial charge in [0.1, 0.15) is 0 Å². The molecule has 2 aromatic rings. The number of para-hydroxylation sites is 1. The molecule has 0 unspecified atom stereocenters. The third-order valence-electron chi connectivity index (χ3n) is 2.91. The number of hydrogen-bond acceptors (Lipinski definition) is 3. The van der Waals surface area contributed by atoms with Gasteiger partial charge in [-0.25, -0.2) is 4.79 Å². The molecule has 0 saturated carbocycles. The molecule has 2 aromatic carbocycles. The number of fused-ring (bicyclic) bond motifs is 1. The van der Waals surface area contributed by atoms with E-state index in [-0.39, 0.29) is 0 Å². The van der Waals surface area contributed by atoms with E-state index in [1.807, 2.05) is 18.2 Å². The van der Waals surface area contributed by atoms with Gasteiger partial charge in [0.2, 0.25) is 0 Å². The van der Waals surface area contributed by atoms with Crippen molar-refractivity contribution in [3.63, 3.8) is 0 Å². The van der Waals surface area contributed by atoms with E-state index in [1.54, 1.807) is 30.0 Å². The van der Waals surface area contributed by atoms with Crippen LogP contribution in [0.1, 0.15) is 10.4 Å². The van der Waals surface area contributed by atoms with Gasteiger partial charge < -0.3 is 10.0 Å². The number of hydrogen-bond donors (Lipinski definition) is 1. The van der Waals surface area contributed by atoms with Gasteiger partial charge in [0, 0.05) is 10.6 Å². The molecule has 0 bridgehead atoms. The minimum absolute atomic E-state index is 0.321. The van der Waals surface area contributed by atoms with Crippen LogP contribution in [0.3, 0.4) is 0 Å². The van der Waals surface area contributed by atoms with Crippen molar-refractivity contribution in [3.05, 3.63) is 54.1 Å². The second-order valence-corrected chi connectivity index (χ2v) is 5.01. The zero-order valence-electron chi connectivity index (χ0n) is 9.54. The second-order valence-electron chi connectivity index (χ2n) is 4.02. The van der Waals surface area contributed by atoms with Crippen molar-refractivity contribution in [3.8, 4) is 0 Å². The van der Waals surface area contributed by atoms with Crippen molar-refractivity contribution >= 4 is 29.1 Å². The Labute approximate surface area is 109 Å². The topological polar surface area (TPSA) is 40.5 Å². The molecule has 0 aliphatic carbocycles. The van der Waals surface area contributed by atoms with Gasteiger partial charge in [0.05, 0.1) is 17.1 Å². The molecular weight excluding hydrogens is 246 g/mol. The van der Waals surface area contributed by atoms with Crippen molar-refractivity contribution in [2.75, 3.05) is 10.8 Å². The van der Waals surface area contributed by atoms with Gasteiger partial charge in [-0.1, -0.05) is 18.2 Å². The van der Waals surface area contributed by atoms with Gasteiger partial charge in [-0.3, -0.25) is 0 Å². The smallest absolute Gasteiger partial charge is 0.335 e. The lowest BCUT2D eigenvalue weighted by atomic mass is 10.2. The molecule has 90 valence electrons. The predicted molar refractivity (Wildman–Crippen MR) is 72.7 cm³/mol. The van der Waals surface area contributed by atoms with Crippen molar-refractivity contribution in [2.45, 2.75) is 4.90 Å². The summed E-state index contributed by atoms with van der Waals surface area (Å²) in [4.78, 5) is 14.4. The molecule has 4 heteroatoms. The summed E-state index contributed by atoms with van der Waals surface area (Å²) in [6, 6.07) is 15.2. The highest BCUT2D eigenvalue weighted by molar-refractivity contribution is 7.99. The number of thioether (sulfide) groups is 1. The zero-order valence-corrected chi connectivity index (χ0v) is 10.4. The first kappa shape index (κ1) is 11.2. The van der Waals surface area contributed by atoms with Gasteiger partial charge in [-0.2, -0.15) is 0 Å². The molecule has 1 heterocycles. The lowest BCUT2D eigenvalue weighted by Crippen LogP contribution is -2.12. The van der Waals surface area contributed by atoms with Gasteiger partial charge in [0.25, 0.3) is 0 Å². The standard InChI is InChI=1S/C14H11NO2S/c16-14(17)10-4-3-5-11(8-10)15-9-18-13-7-2-1-6-12(13)15/h1-8H,9H2,(H,16,17). The predicted octanol–water partition coefficient (Wildman–Crippen LogP) is 3.59. The first-order chi connectivity index (χ1) is 8.75. The average Bonchev–Trinajstić information content (AvgIpc) is 2.82. The number of aromatic carboxylic acids is 1. The first-order valence-electron chi connectivity index (χ1n) is 5.58. The van der Waals surface area contributed by atoms with E-state index in [1.165, 1.54) is 4.90 Å². The minimum atomic E-state index is -0.892. The summed E-state index contributed by atoms with van der Waals surface area (Å²) in [6.07, 6.45) is 0. The van der Waals surface area contributed by atoms with Crippen LogP contribution in [0.2, 0.25) is 0 Å². The van der Waals surface area contributed by atoms with Gasteiger partial charge >= 0.3 is 5.97 Å². The number of carbonyl (C=O) groups is 1. The molecule has 0 spiro atoms. The van der Waals surface area contributed by atoms with Gasteiger partial charge in [0.15, 0.2) is 0 Å². The molecule has 0 radical (unpaired) electrons. The van der Waals surface area contributed by atoms with Crippen molar-refractivity contribution in [1.29, 1.82) is 0 Å². The quantitative estimate of drug-likeness (QED) is 0.892. The maximum Gasteiger partial charge on any atom is 0.335 e. The normalized spacial score (nSPS) is 13.4. The molecule has 0 atom stereocenters. The van der Waals surface area contributed by atoms with E-state index in [9.17, 15) is 4.79 Å². The molecule has 0 fully saturated rings. The Morgan fingerprint density at radius 2 is 2.00 bits per heavy atom. The van der Waals surface area contributed by atoms with E-state index < -0.39 is 5.97 Å². The van der Waals surface area contributed by atoms with Crippen LogP contribution in [0, 0.1) is 0 Å². The van der Waals surface area contributed by atoms with Crippen molar-refractivity contribution in [1.82, 2.24) is 0 Å². The van der Waals surface area contributed by atoms with Crippen molar-refractivity contribution in [2.24, 2.45) is 0 Å². The SMILES string of the molecule is O=C(O)c1cccc(N2CSc3ccccc32)c1. The highest BCUT2D eigenvalue weighted by atomic mass is 32.2. The summed E-state index contributed by atoms with van der Waals surface area (Å²) >= 11 is 1.76. The fraction of sp³-hybridized carbons (Fsp3) is 0.0714. The summed E-state index contributed by atoms with van der Waals surface area (Å²) in [5.74, 6) is -0.0698. The number of nitrogens with zero attached hydrogens (tertiary/aromatic N) is 1. The van der Waals surface area contributed by atoms with E-state index in [4.69, 9.17) is 5.11 Å². The highest BCUT2D eigenvalue weighted by Crippen LogP contribution is 2.42. The fourth-order valence-corrected chi connectivity index (χ4v) is 3.08. The van der Waals surface area contributed by atoms with Crippen LogP contribution >= 0.6 is 11.8 Å². The maximum absolute atomic E-state index is 11.0. The molecule has 1 aliphatic rings. The molecule has 1 aliphatic heterocycles. The summed E-state index contributed by atoms with van der Waals surface area (Å²) < 4.78 is 0. The molecule has 0 aromatic heterocycles. The number of carboxylic acid groups (broad SMARTS) is 1. The number of benzene rings is 2. The molecule has 1 N–H and O–H groups in total. The van der Waals surface area contributed by atoms with Gasteiger partial charge in [-0.15, -0.1) is 11.8 Å². The molecular formula is C14H11NO2S. The Morgan fingerprint density at radius 1 is 1.17 bits per heavy atom. The third kappa shape index (κ3) is 1.84. The largest absolute Gasteiger partial charge is 0.478 e. The van der Waals surface area contributed by atoms with E-state index in [2.05, 4.69) is 17.0 Å². The van der Waals surface area contributed by atoms with Crippen LogP contribution in [-0.2, 0) is 0 Å². The van der Waals surface area contributed by atoms with Crippen LogP contribution in [0.5, 0.6) is 0 Å². The molecule has 18 heavy (non-hydrogen) atoms. The first-order valence-corrected chi connectivity index (χ1v) is 6.57. The van der Waals surface area contributed by atoms with Crippen molar-refractivity contribution < 1.29 is 9.90 Å². The summed E-state index contributed by atoms with van der Waals surface area (Å²) in [7, 11) is 0. The molecule has 0 amide bonds. The second kappa shape index (κ2) is 4.38. The Hall–Kier alpha value is -1.94. The fourth-order valence-electron chi connectivity index (χ4n) is 2.03. The van der Waals surface area contributed by atoms with Crippen LogP contribution in [0.4, 0.5) is 11.4 Å². The Kier molecular flexibility index (Phi) is 2.72. The Morgan fingerprint density at radius 3 is 2.83 bits per heavy atom. The minimum Gasteiger partial charge on any atom is -0.478 e. The van der Waals surface area contributed by atoms with E-state index in [0.717, 1.165) is 17.3 Å². The van der Waals surface area contributed by atoms with Crippen LogP contribution < -0.4 is 4.90 Å².